The Labute approximate surface area is 107 Å². The minimum Gasteiger partial charge on any atom is -0.398 e. The molecule has 1 aromatic carbocycles. The summed E-state index contributed by atoms with van der Waals surface area (Å²) in [7, 11) is 0. The molecule has 0 heterocycles. The quantitative estimate of drug-likeness (QED) is 0.577. The largest absolute Gasteiger partial charge is 0.398 e. The number of anilines is 1. The fourth-order valence-corrected chi connectivity index (χ4v) is 2.11. The van der Waals surface area contributed by atoms with Crippen molar-refractivity contribution in [2.45, 2.75) is 19.8 Å². The van der Waals surface area contributed by atoms with Gasteiger partial charge in [-0.05, 0) is 29.6 Å². The number of carbonyl (C=O) groups is 1. The summed E-state index contributed by atoms with van der Waals surface area (Å²) in [6.07, 6.45) is 1.39. The molecule has 3 N–H and O–H groups in total. The first-order valence-electron chi connectivity index (χ1n) is 5.92. The van der Waals surface area contributed by atoms with Crippen molar-refractivity contribution < 1.29 is 4.79 Å². The number of para-hydroxylation sites is 1. The monoisotopic (exact) mass is 252 g/mol. The lowest BCUT2D eigenvalue weighted by molar-refractivity contribution is -0.120. The molecule has 17 heavy (non-hydrogen) atoms. The van der Waals surface area contributed by atoms with E-state index in [1.807, 2.05) is 36.0 Å². The van der Waals surface area contributed by atoms with Crippen molar-refractivity contribution in [3.63, 3.8) is 0 Å². The van der Waals surface area contributed by atoms with E-state index in [2.05, 4.69) is 12.2 Å². The van der Waals surface area contributed by atoms with Gasteiger partial charge in [-0.1, -0.05) is 25.1 Å². The van der Waals surface area contributed by atoms with Gasteiger partial charge in [0.2, 0.25) is 5.91 Å². The molecule has 1 rings (SSSR count). The molecule has 0 saturated heterocycles. The van der Waals surface area contributed by atoms with Crippen LogP contribution in [0.15, 0.2) is 24.3 Å². The lowest BCUT2D eigenvalue weighted by Crippen LogP contribution is -2.26. The van der Waals surface area contributed by atoms with Gasteiger partial charge < -0.3 is 11.1 Å². The summed E-state index contributed by atoms with van der Waals surface area (Å²) < 4.78 is 0. The molecule has 0 aliphatic carbocycles. The summed E-state index contributed by atoms with van der Waals surface area (Å²) in [6, 6.07) is 7.48. The van der Waals surface area contributed by atoms with Crippen LogP contribution in [0.3, 0.4) is 0 Å². The van der Waals surface area contributed by atoms with Crippen molar-refractivity contribution in [2.75, 3.05) is 23.8 Å². The van der Waals surface area contributed by atoms with Crippen LogP contribution in [0.5, 0.6) is 0 Å². The van der Waals surface area contributed by atoms with Gasteiger partial charge >= 0.3 is 0 Å². The number of carbonyl (C=O) groups excluding carboxylic acids is 1. The van der Waals surface area contributed by atoms with Crippen LogP contribution in [0.25, 0.3) is 0 Å². The second-order valence-corrected chi connectivity index (χ2v) is 5.17. The lowest BCUT2D eigenvalue weighted by Gasteiger charge is -2.06. The highest BCUT2D eigenvalue weighted by atomic mass is 32.2. The Morgan fingerprint density at radius 2 is 2.18 bits per heavy atom. The molecular weight excluding hydrogens is 232 g/mol. The Bertz CT molecular complexity index is 355. The molecule has 0 fully saturated rings. The van der Waals surface area contributed by atoms with E-state index < -0.39 is 0 Å². The normalized spacial score (nSPS) is 10.2. The van der Waals surface area contributed by atoms with Crippen molar-refractivity contribution >= 4 is 23.4 Å². The van der Waals surface area contributed by atoms with Crippen LogP contribution < -0.4 is 11.1 Å². The zero-order valence-corrected chi connectivity index (χ0v) is 11.1. The topological polar surface area (TPSA) is 55.1 Å². The van der Waals surface area contributed by atoms with E-state index >= 15 is 0 Å². The molecule has 0 bridgehead atoms. The van der Waals surface area contributed by atoms with Crippen molar-refractivity contribution in [2.24, 2.45) is 0 Å². The number of nitrogens with two attached hydrogens (primary N) is 1. The molecule has 0 unspecified atom stereocenters. The van der Waals surface area contributed by atoms with Gasteiger partial charge in [0.05, 0.1) is 6.42 Å². The first kappa shape index (κ1) is 13.9. The first-order chi connectivity index (χ1) is 8.24. The first-order valence-corrected chi connectivity index (χ1v) is 7.07. The van der Waals surface area contributed by atoms with Crippen LogP contribution in [0.1, 0.15) is 18.9 Å². The van der Waals surface area contributed by atoms with Gasteiger partial charge in [0.1, 0.15) is 0 Å². The Hall–Kier alpha value is -1.16. The number of nitrogens with one attached hydrogen (secondary N) is 1. The fraction of sp³-hybridized carbons (Fsp3) is 0.462. The van der Waals surface area contributed by atoms with Crippen LogP contribution in [0.4, 0.5) is 5.69 Å². The second-order valence-electron chi connectivity index (χ2n) is 3.78. The molecule has 0 spiro atoms. The molecule has 0 atom stereocenters. The predicted octanol–water partition coefficient (Wildman–Crippen LogP) is 2.07. The van der Waals surface area contributed by atoms with Crippen molar-refractivity contribution in [3.05, 3.63) is 29.8 Å². The van der Waals surface area contributed by atoms with E-state index in [0.717, 1.165) is 30.0 Å². The minimum absolute atomic E-state index is 0.0457. The summed E-state index contributed by atoms with van der Waals surface area (Å²) in [5.41, 5.74) is 7.36. The minimum atomic E-state index is 0.0457. The van der Waals surface area contributed by atoms with Gasteiger partial charge in [0.25, 0.3) is 0 Å². The highest BCUT2D eigenvalue weighted by molar-refractivity contribution is 7.99. The average Bonchev–Trinajstić information content (AvgIpc) is 2.32. The molecule has 1 amide bonds. The summed E-state index contributed by atoms with van der Waals surface area (Å²) in [5, 5.41) is 2.91. The van der Waals surface area contributed by atoms with E-state index in [-0.39, 0.29) is 5.91 Å². The molecule has 94 valence electrons. The van der Waals surface area contributed by atoms with Crippen LogP contribution >= 0.6 is 11.8 Å². The number of hydrogen-bond donors (Lipinski definition) is 2. The summed E-state index contributed by atoms with van der Waals surface area (Å²) >= 11 is 1.89. The summed E-state index contributed by atoms with van der Waals surface area (Å²) in [6.45, 7) is 2.89. The summed E-state index contributed by atoms with van der Waals surface area (Å²) in [5.74, 6) is 2.28. The van der Waals surface area contributed by atoms with Gasteiger partial charge in [-0.2, -0.15) is 11.8 Å². The van der Waals surface area contributed by atoms with E-state index in [0.29, 0.717) is 12.1 Å². The number of hydrogen-bond acceptors (Lipinski definition) is 3. The molecular formula is C13H20N2OS. The number of amides is 1. The molecule has 0 aliphatic rings. The highest BCUT2D eigenvalue weighted by Gasteiger charge is 2.04. The van der Waals surface area contributed by atoms with Crippen molar-refractivity contribution in [1.82, 2.24) is 5.32 Å². The van der Waals surface area contributed by atoms with E-state index in [1.54, 1.807) is 0 Å². The van der Waals surface area contributed by atoms with Gasteiger partial charge in [-0.25, -0.2) is 0 Å². The second kappa shape index (κ2) is 8.01. The van der Waals surface area contributed by atoms with E-state index in [9.17, 15) is 4.79 Å². The molecule has 4 heteroatoms. The number of thioether (sulfide) groups is 1. The Balaban J connectivity index is 2.23. The summed E-state index contributed by atoms with van der Waals surface area (Å²) in [4.78, 5) is 11.6. The molecule has 3 nitrogen and oxygen atoms in total. The number of rotatable bonds is 7. The predicted molar refractivity (Wildman–Crippen MR) is 75.2 cm³/mol. The standard InChI is InChI=1S/C13H20N2OS/c1-2-17-9-5-8-15-13(16)10-11-6-3-4-7-12(11)14/h3-4,6-7H,2,5,8-10,14H2,1H3,(H,15,16). The third-order valence-electron chi connectivity index (χ3n) is 2.40. The third-order valence-corrected chi connectivity index (χ3v) is 3.38. The van der Waals surface area contributed by atoms with Crippen molar-refractivity contribution in [3.8, 4) is 0 Å². The molecule has 0 radical (unpaired) electrons. The van der Waals surface area contributed by atoms with E-state index in [4.69, 9.17) is 5.73 Å². The van der Waals surface area contributed by atoms with Gasteiger partial charge in [-0.3, -0.25) is 4.79 Å². The maximum absolute atomic E-state index is 11.6. The SMILES string of the molecule is CCSCCCNC(=O)Cc1ccccc1N. The maximum atomic E-state index is 11.6. The van der Waals surface area contributed by atoms with Gasteiger partial charge in [0.15, 0.2) is 0 Å². The number of benzene rings is 1. The number of nitrogen functional groups attached to an aromatic ring is 1. The Kier molecular flexibility index (Phi) is 6.55. The van der Waals surface area contributed by atoms with Crippen LogP contribution in [-0.2, 0) is 11.2 Å². The molecule has 0 aliphatic heterocycles. The molecule has 1 aromatic rings. The Morgan fingerprint density at radius 1 is 1.41 bits per heavy atom. The average molecular weight is 252 g/mol. The van der Waals surface area contributed by atoms with Gasteiger partial charge in [-0.15, -0.1) is 0 Å². The van der Waals surface area contributed by atoms with Gasteiger partial charge in [0, 0.05) is 12.2 Å². The third kappa shape index (κ3) is 5.63. The zero-order valence-electron chi connectivity index (χ0n) is 10.2. The molecule has 0 saturated carbocycles. The fourth-order valence-electron chi connectivity index (χ4n) is 1.48. The van der Waals surface area contributed by atoms with Crippen molar-refractivity contribution in [1.29, 1.82) is 0 Å². The van der Waals surface area contributed by atoms with Crippen LogP contribution in [-0.4, -0.2) is 24.0 Å². The van der Waals surface area contributed by atoms with Crippen LogP contribution in [0.2, 0.25) is 0 Å². The lowest BCUT2D eigenvalue weighted by atomic mass is 10.1. The smallest absolute Gasteiger partial charge is 0.224 e. The zero-order chi connectivity index (χ0) is 12.5. The molecule has 0 aromatic heterocycles. The maximum Gasteiger partial charge on any atom is 0.224 e. The van der Waals surface area contributed by atoms with E-state index in [1.165, 1.54) is 0 Å². The Morgan fingerprint density at radius 3 is 2.88 bits per heavy atom. The highest BCUT2D eigenvalue weighted by Crippen LogP contribution is 2.10. The van der Waals surface area contributed by atoms with Crippen LogP contribution in [0, 0.1) is 0 Å².